The largest absolute Gasteiger partial charge is 0.442 e. The molecule has 1 amide bonds. The predicted octanol–water partition coefficient (Wildman–Crippen LogP) is 3.05. The summed E-state index contributed by atoms with van der Waals surface area (Å²) in [6, 6.07) is 5.72. The minimum absolute atomic E-state index is 0.125. The van der Waals surface area contributed by atoms with Crippen molar-refractivity contribution >= 4 is 12.3 Å². The summed E-state index contributed by atoms with van der Waals surface area (Å²) in [4.78, 5) is 14.8. The van der Waals surface area contributed by atoms with E-state index >= 15 is 0 Å². The van der Waals surface area contributed by atoms with Gasteiger partial charge in [0.25, 0.3) is 0 Å². The smallest absolute Gasteiger partial charge is 0.434 e. The molecule has 0 N–H and O–H groups in total. The van der Waals surface area contributed by atoms with Crippen molar-refractivity contribution in [2.24, 2.45) is 4.99 Å². The van der Waals surface area contributed by atoms with Crippen LogP contribution in [0.1, 0.15) is 31.9 Å². The van der Waals surface area contributed by atoms with Gasteiger partial charge in [-0.2, -0.15) is 10.3 Å². The van der Waals surface area contributed by atoms with Gasteiger partial charge in [0.05, 0.1) is 11.6 Å². The molecular weight excluding hydrogens is 235 g/mol. The van der Waals surface area contributed by atoms with Crippen molar-refractivity contribution in [2.75, 3.05) is 0 Å². The summed E-state index contributed by atoms with van der Waals surface area (Å²) in [5.41, 5.74) is -0.306. The lowest BCUT2D eigenvalue weighted by molar-refractivity contribution is 0.0605. The van der Waals surface area contributed by atoms with Crippen molar-refractivity contribution in [1.29, 1.82) is 5.26 Å². The van der Waals surface area contributed by atoms with Crippen LogP contribution in [-0.4, -0.2) is 17.9 Å². The maximum Gasteiger partial charge on any atom is 0.434 e. The van der Waals surface area contributed by atoms with E-state index in [1.165, 1.54) is 12.1 Å². The van der Waals surface area contributed by atoms with Crippen molar-refractivity contribution in [3.63, 3.8) is 0 Å². The molecule has 0 atom stereocenters. The average Bonchev–Trinajstić information content (AvgIpc) is 2.25. The molecule has 0 aliphatic carbocycles. The molecule has 0 bridgehead atoms. The summed E-state index contributed by atoms with van der Waals surface area (Å²) < 4.78 is 18.4. The Morgan fingerprint density at radius 3 is 2.67 bits per heavy atom. The molecule has 0 saturated carbocycles. The molecular formula is C13H13FN2O2. The van der Waals surface area contributed by atoms with Crippen LogP contribution >= 0.6 is 0 Å². The second-order valence-electron chi connectivity index (χ2n) is 4.59. The van der Waals surface area contributed by atoms with Crippen LogP contribution in [0.4, 0.5) is 9.18 Å². The van der Waals surface area contributed by atoms with Gasteiger partial charge >= 0.3 is 6.09 Å². The molecule has 94 valence electrons. The van der Waals surface area contributed by atoms with Crippen molar-refractivity contribution in [1.82, 2.24) is 0 Å². The van der Waals surface area contributed by atoms with Crippen LogP contribution in [0, 0.1) is 17.1 Å². The minimum atomic E-state index is -0.786. The first-order valence-electron chi connectivity index (χ1n) is 5.28. The van der Waals surface area contributed by atoms with Gasteiger partial charge in [0.1, 0.15) is 11.4 Å². The molecule has 1 aromatic rings. The molecule has 0 unspecified atom stereocenters. The van der Waals surface area contributed by atoms with Crippen LogP contribution in [0.15, 0.2) is 23.2 Å². The zero-order valence-electron chi connectivity index (χ0n) is 10.4. The van der Waals surface area contributed by atoms with Crippen LogP contribution in [0.25, 0.3) is 0 Å². The first-order chi connectivity index (χ1) is 8.31. The molecule has 0 fully saturated rings. The highest BCUT2D eigenvalue weighted by atomic mass is 19.1. The number of aliphatic imine (C=N–C) groups is 1. The minimum Gasteiger partial charge on any atom is -0.442 e. The summed E-state index contributed by atoms with van der Waals surface area (Å²) in [5, 5.41) is 8.57. The van der Waals surface area contributed by atoms with Crippen LogP contribution in [0.5, 0.6) is 0 Å². The fourth-order valence-electron chi connectivity index (χ4n) is 1.11. The number of nitriles is 1. The van der Waals surface area contributed by atoms with Gasteiger partial charge in [-0.1, -0.05) is 0 Å². The SMILES string of the molecule is CC(C)(C)OC(=O)N=Cc1ccc(C#N)cc1F. The van der Waals surface area contributed by atoms with E-state index in [0.717, 1.165) is 12.3 Å². The van der Waals surface area contributed by atoms with Gasteiger partial charge in [-0.3, -0.25) is 0 Å². The molecule has 0 radical (unpaired) electrons. The van der Waals surface area contributed by atoms with E-state index in [4.69, 9.17) is 10.00 Å². The third kappa shape index (κ3) is 4.34. The van der Waals surface area contributed by atoms with E-state index in [1.54, 1.807) is 20.8 Å². The van der Waals surface area contributed by atoms with E-state index in [1.807, 2.05) is 6.07 Å². The van der Waals surface area contributed by atoms with Crippen molar-refractivity contribution in [3.05, 3.63) is 35.1 Å². The number of ether oxygens (including phenoxy) is 1. The Kier molecular flexibility index (Phi) is 4.16. The Bertz CT molecular complexity index is 525. The fraction of sp³-hybridized carbons (Fsp3) is 0.308. The summed E-state index contributed by atoms with van der Waals surface area (Å²) in [6.45, 7) is 5.13. The third-order valence-corrected chi connectivity index (χ3v) is 1.83. The molecule has 0 aliphatic heterocycles. The fourth-order valence-corrected chi connectivity index (χ4v) is 1.11. The van der Waals surface area contributed by atoms with Gasteiger partial charge in [-0.05, 0) is 39.0 Å². The molecule has 0 spiro atoms. The van der Waals surface area contributed by atoms with Crippen molar-refractivity contribution < 1.29 is 13.9 Å². The van der Waals surface area contributed by atoms with Gasteiger partial charge in [-0.25, -0.2) is 9.18 Å². The van der Waals surface area contributed by atoms with E-state index < -0.39 is 17.5 Å². The first kappa shape index (κ1) is 13.8. The summed E-state index contributed by atoms with van der Waals surface area (Å²) in [6.07, 6.45) is 0.288. The summed E-state index contributed by atoms with van der Waals surface area (Å²) in [5.74, 6) is -0.610. The number of rotatable bonds is 1. The first-order valence-corrected chi connectivity index (χ1v) is 5.28. The van der Waals surface area contributed by atoms with Crippen LogP contribution in [-0.2, 0) is 4.74 Å². The molecule has 1 aromatic carbocycles. The predicted molar refractivity (Wildman–Crippen MR) is 64.9 cm³/mol. The van der Waals surface area contributed by atoms with Gasteiger partial charge < -0.3 is 4.74 Å². The molecule has 0 saturated heterocycles. The Balaban J connectivity index is 2.80. The Hall–Kier alpha value is -2.22. The molecule has 0 aromatic heterocycles. The lowest BCUT2D eigenvalue weighted by Gasteiger charge is -2.17. The van der Waals surface area contributed by atoms with E-state index in [2.05, 4.69) is 4.99 Å². The van der Waals surface area contributed by atoms with Gasteiger partial charge in [0, 0.05) is 11.8 Å². The lowest BCUT2D eigenvalue weighted by atomic mass is 10.1. The highest BCUT2D eigenvalue weighted by molar-refractivity contribution is 5.89. The zero-order valence-corrected chi connectivity index (χ0v) is 10.4. The van der Waals surface area contributed by atoms with Crippen LogP contribution < -0.4 is 0 Å². The lowest BCUT2D eigenvalue weighted by Crippen LogP contribution is -2.21. The maximum absolute atomic E-state index is 13.4. The third-order valence-electron chi connectivity index (χ3n) is 1.83. The van der Waals surface area contributed by atoms with E-state index in [9.17, 15) is 9.18 Å². The van der Waals surface area contributed by atoms with Gasteiger partial charge in [-0.15, -0.1) is 0 Å². The maximum atomic E-state index is 13.4. The number of halogens is 1. The summed E-state index contributed by atoms with van der Waals surface area (Å²) >= 11 is 0. The topological polar surface area (TPSA) is 62.4 Å². The normalized spacial score (nSPS) is 11.3. The highest BCUT2D eigenvalue weighted by Gasteiger charge is 2.15. The molecule has 4 nitrogen and oxygen atoms in total. The number of amides is 1. The molecule has 5 heteroatoms. The number of benzene rings is 1. The zero-order chi connectivity index (χ0) is 13.8. The average molecular weight is 248 g/mol. The Morgan fingerprint density at radius 1 is 1.50 bits per heavy atom. The Labute approximate surface area is 105 Å². The number of carbonyl (C=O) groups excluding carboxylic acids is 1. The van der Waals surface area contributed by atoms with Crippen LogP contribution in [0.2, 0.25) is 0 Å². The molecule has 18 heavy (non-hydrogen) atoms. The molecule has 0 aliphatic rings. The van der Waals surface area contributed by atoms with Gasteiger partial charge in [0.15, 0.2) is 0 Å². The number of hydrogen-bond acceptors (Lipinski definition) is 3. The second kappa shape index (κ2) is 5.41. The summed E-state index contributed by atoms with van der Waals surface area (Å²) in [7, 11) is 0. The Morgan fingerprint density at radius 2 is 2.17 bits per heavy atom. The quantitative estimate of drug-likeness (QED) is 0.717. The van der Waals surface area contributed by atoms with Crippen molar-refractivity contribution in [2.45, 2.75) is 26.4 Å². The van der Waals surface area contributed by atoms with Gasteiger partial charge in [0.2, 0.25) is 0 Å². The number of nitrogens with zero attached hydrogens (tertiary/aromatic N) is 2. The second-order valence-corrected chi connectivity index (χ2v) is 4.59. The van der Waals surface area contributed by atoms with Crippen LogP contribution in [0.3, 0.4) is 0 Å². The monoisotopic (exact) mass is 248 g/mol. The molecule has 1 rings (SSSR count). The number of hydrogen-bond donors (Lipinski definition) is 0. The highest BCUT2D eigenvalue weighted by Crippen LogP contribution is 2.10. The standard InChI is InChI=1S/C13H13FN2O2/c1-13(2,3)18-12(17)16-8-10-5-4-9(7-15)6-11(10)14/h4-6,8H,1-3H3. The number of carbonyl (C=O) groups is 1. The van der Waals surface area contributed by atoms with E-state index in [-0.39, 0.29) is 11.1 Å². The van der Waals surface area contributed by atoms with Crippen molar-refractivity contribution in [3.8, 4) is 6.07 Å². The van der Waals surface area contributed by atoms with E-state index in [0.29, 0.717) is 0 Å². The molecule has 0 heterocycles.